The summed E-state index contributed by atoms with van der Waals surface area (Å²) in [6.45, 7) is 4.85. The van der Waals surface area contributed by atoms with E-state index in [4.69, 9.17) is 4.74 Å². The van der Waals surface area contributed by atoms with E-state index in [2.05, 4.69) is 19.9 Å². The Morgan fingerprint density at radius 3 is 2.62 bits per heavy atom. The van der Waals surface area contributed by atoms with Gasteiger partial charge in [-0.2, -0.15) is 0 Å². The molecule has 0 aliphatic heterocycles. The Morgan fingerprint density at radius 1 is 1.03 bits per heavy atom. The van der Waals surface area contributed by atoms with Crippen molar-refractivity contribution in [3.05, 3.63) is 47.5 Å². The molecule has 3 fully saturated rings. The Labute approximate surface area is 174 Å². The summed E-state index contributed by atoms with van der Waals surface area (Å²) in [6, 6.07) is 9.42. The van der Waals surface area contributed by atoms with E-state index < -0.39 is 0 Å². The molecule has 3 saturated carbocycles. The van der Waals surface area contributed by atoms with Crippen LogP contribution in [-0.4, -0.2) is 23.3 Å². The summed E-state index contributed by atoms with van der Waals surface area (Å²) in [4.78, 5) is 12.7. The molecule has 0 heterocycles. The molecule has 7 atom stereocenters. The monoisotopic (exact) mass is 394 g/mol. The number of aliphatic hydroxyl groups is 1. The molecule has 29 heavy (non-hydrogen) atoms. The third-order valence-electron chi connectivity index (χ3n) is 9.25. The summed E-state index contributed by atoms with van der Waals surface area (Å²) >= 11 is 0. The quantitative estimate of drug-likeness (QED) is 0.529. The van der Waals surface area contributed by atoms with Crippen molar-refractivity contribution in [3.8, 4) is 0 Å². The average Bonchev–Trinajstić information content (AvgIpc) is 3.05. The Morgan fingerprint density at radius 2 is 1.83 bits per heavy atom. The summed E-state index contributed by atoms with van der Waals surface area (Å²) in [5.74, 6) is 1.88. The molecule has 1 aromatic carbocycles. The second-order valence-corrected chi connectivity index (χ2v) is 10.5. The van der Waals surface area contributed by atoms with E-state index in [1.807, 2.05) is 30.3 Å². The number of aliphatic hydroxyl groups excluding tert-OH is 1. The molecule has 0 radical (unpaired) electrons. The Hall–Kier alpha value is -1.61. The first-order valence-corrected chi connectivity index (χ1v) is 11.6. The van der Waals surface area contributed by atoms with E-state index in [-0.39, 0.29) is 29.0 Å². The van der Waals surface area contributed by atoms with Gasteiger partial charge >= 0.3 is 5.97 Å². The fraction of sp³-hybridized carbons (Fsp3) is 0.654. The third kappa shape index (κ3) is 3.00. The molecule has 3 nitrogen and oxygen atoms in total. The summed E-state index contributed by atoms with van der Waals surface area (Å²) in [5.41, 5.74) is 2.54. The van der Waals surface area contributed by atoms with Crippen molar-refractivity contribution in [2.75, 3.05) is 0 Å². The van der Waals surface area contributed by atoms with Gasteiger partial charge in [-0.25, -0.2) is 4.79 Å². The van der Waals surface area contributed by atoms with E-state index >= 15 is 0 Å². The van der Waals surface area contributed by atoms with E-state index in [0.29, 0.717) is 17.4 Å². The lowest BCUT2D eigenvalue weighted by atomic mass is 9.48. The van der Waals surface area contributed by atoms with Gasteiger partial charge in [0.2, 0.25) is 0 Å². The highest BCUT2D eigenvalue weighted by atomic mass is 16.5. The van der Waals surface area contributed by atoms with Crippen LogP contribution in [0.5, 0.6) is 0 Å². The number of hydrogen-bond acceptors (Lipinski definition) is 3. The topological polar surface area (TPSA) is 46.5 Å². The number of allylic oxidation sites excluding steroid dienone is 1. The predicted molar refractivity (Wildman–Crippen MR) is 113 cm³/mol. The minimum Gasteiger partial charge on any atom is -0.458 e. The first kappa shape index (κ1) is 19.4. The third-order valence-corrected chi connectivity index (χ3v) is 9.25. The molecule has 0 unspecified atom stereocenters. The van der Waals surface area contributed by atoms with Crippen LogP contribution in [0.3, 0.4) is 0 Å². The number of carbonyl (C=O) groups is 1. The second kappa shape index (κ2) is 6.97. The van der Waals surface area contributed by atoms with Crippen LogP contribution in [0.4, 0.5) is 0 Å². The lowest BCUT2D eigenvalue weighted by Crippen LogP contribution is -2.51. The first-order chi connectivity index (χ1) is 13.9. The molecule has 0 aromatic heterocycles. The number of benzene rings is 1. The van der Waals surface area contributed by atoms with Gasteiger partial charge in [-0.1, -0.05) is 43.7 Å². The van der Waals surface area contributed by atoms with Gasteiger partial charge in [0.15, 0.2) is 0 Å². The highest BCUT2D eigenvalue weighted by molar-refractivity contribution is 5.89. The smallest absolute Gasteiger partial charge is 0.338 e. The lowest BCUT2D eigenvalue weighted by Gasteiger charge is -2.57. The van der Waals surface area contributed by atoms with Crippen LogP contribution in [0.1, 0.15) is 75.6 Å². The number of fused-ring (bicyclic) bond motifs is 5. The standard InChI is InChI=1S/C26H34O3/c1-25-14-12-19(27)16-18(25)8-9-20-21-10-11-23(26(21,2)15-13-22(20)25)29-24(28)17-6-4-3-5-7-17/h3-8,19-23,27H,9-16H2,1-2H3/t19-,20-,21-,22-,23+,25-,26-/m0/s1. The number of ether oxygens (including phenoxy) is 1. The van der Waals surface area contributed by atoms with Crippen LogP contribution in [0.25, 0.3) is 0 Å². The van der Waals surface area contributed by atoms with Gasteiger partial charge in [-0.3, -0.25) is 0 Å². The normalized spacial score (nSPS) is 43.6. The van der Waals surface area contributed by atoms with Crippen LogP contribution < -0.4 is 0 Å². The molecule has 0 amide bonds. The number of hydrogen-bond donors (Lipinski definition) is 1. The van der Waals surface area contributed by atoms with Gasteiger partial charge < -0.3 is 9.84 Å². The van der Waals surface area contributed by atoms with Gasteiger partial charge in [0, 0.05) is 5.41 Å². The van der Waals surface area contributed by atoms with Crippen molar-refractivity contribution in [2.45, 2.75) is 77.4 Å². The fourth-order valence-corrected chi connectivity index (χ4v) is 7.56. The van der Waals surface area contributed by atoms with E-state index in [0.717, 1.165) is 44.4 Å². The molecule has 156 valence electrons. The minimum atomic E-state index is -0.168. The summed E-state index contributed by atoms with van der Waals surface area (Å²) in [5, 5.41) is 10.2. The zero-order chi connectivity index (χ0) is 20.2. The zero-order valence-electron chi connectivity index (χ0n) is 17.8. The van der Waals surface area contributed by atoms with Crippen molar-refractivity contribution in [2.24, 2.45) is 28.6 Å². The molecule has 1 N–H and O–H groups in total. The van der Waals surface area contributed by atoms with Gasteiger partial charge in [-0.15, -0.1) is 0 Å². The SMILES string of the molecule is C[C@]12CC[C@H]3[C@@H](CC=C4C[C@@H](O)CC[C@@]43C)[C@@H]1CC[C@H]2OC(=O)c1ccccc1. The predicted octanol–water partition coefficient (Wildman–Crippen LogP) is 5.54. The van der Waals surface area contributed by atoms with Gasteiger partial charge in [-0.05, 0) is 86.7 Å². The minimum absolute atomic E-state index is 0.0347. The molecular formula is C26H34O3. The average molecular weight is 395 g/mol. The van der Waals surface area contributed by atoms with Gasteiger partial charge in [0.25, 0.3) is 0 Å². The zero-order valence-corrected chi connectivity index (χ0v) is 17.8. The summed E-state index contributed by atoms with van der Waals surface area (Å²) in [6.07, 6.45) is 11.0. The van der Waals surface area contributed by atoms with Crippen LogP contribution in [-0.2, 0) is 4.74 Å². The van der Waals surface area contributed by atoms with Gasteiger partial charge in [0.05, 0.1) is 11.7 Å². The van der Waals surface area contributed by atoms with Gasteiger partial charge in [0.1, 0.15) is 6.10 Å². The largest absolute Gasteiger partial charge is 0.458 e. The van der Waals surface area contributed by atoms with Crippen molar-refractivity contribution in [1.29, 1.82) is 0 Å². The van der Waals surface area contributed by atoms with Crippen LogP contribution in [0.15, 0.2) is 42.0 Å². The van der Waals surface area contributed by atoms with Crippen molar-refractivity contribution < 1.29 is 14.6 Å². The van der Waals surface area contributed by atoms with Crippen molar-refractivity contribution >= 4 is 5.97 Å². The van der Waals surface area contributed by atoms with E-state index in [1.165, 1.54) is 18.4 Å². The number of carbonyl (C=O) groups excluding carboxylic acids is 1. The maximum atomic E-state index is 12.7. The highest BCUT2D eigenvalue weighted by Crippen LogP contribution is 2.65. The number of esters is 1. The van der Waals surface area contributed by atoms with Crippen molar-refractivity contribution in [1.82, 2.24) is 0 Å². The van der Waals surface area contributed by atoms with E-state index in [9.17, 15) is 9.90 Å². The fourth-order valence-electron chi connectivity index (χ4n) is 7.56. The molecule has 4 aliphatic carbocycles. The Balaban J connectivity index is 1.36. The molecule has 4 aliphatic rings. The molecule has 5 rings (SSSR count). The molecule has 1 aromatic rings. The second-order valence-electron chi connectivity index (χ2n) is 10.5. The summed E-state index contributed by atoms with van der Waals surface area (Å²) in [7, 11) is 0. The maximum absolute atomic E-state index is 12.7. The molecular weight excluding hydrogens is 360 g/mol. The highest BCUT2D eigenvalue weighted by Gasteiger charge is 2.59. The molecule has 0 spiro atoms. The van der Waals surface area contributed by atoms with E-state index in [1.54, 1.807) is 0 Å². The van der Waals surface area contributed by atoms with Crippen LogP contribution in [0.2, 0.25) is 0 Å². The molecule has 3 heteroatoms. The number of rotatable bonds is 2. The Bertz CT molecular complexity index is 815. The Kier molecular flexibility index (Phi) is 4.66. The lowest BCUT2D eigenvalue weighted by molar-refractivity contribution is -0.0778. The van der Waals surface area contributed by atoms with Crippen molar-refractivity contribution in [3.63, 3.8) is 0 Å². The van der Waals surface area contributed by atoms with Crippen LogP contribution in [0, 0.1) is 28.6 Å². The maximum Gasteiger partial charge on any atom is 0.338 e. The van der Waals surface area contributed by atoms with Crippen LogP contribution >= 0.6 is 0 Å². The summed E-state index contributed by atoms with van der Waals surface area (Å²) < 4.78 is 6.11. The molecule has 0 saturated heterocycles. The first-order valence-electron chi connectivity index (χ1n) is 11.6. The molecule has 0 bridgehead atoms.